The van der Waals surface area contributed by atoms with Gasteiger partial charge in [0.1, 0.15) is 0 Å². The molecule has 0 unspecified atom stereocenters. The lowest BCUT2D eigenvalue weighted by Crippen LogP contribution is -2.09. The predicted molar refractivity (Wildman–Crippen MR) is 88.8 cm³/mol. The lowest BCUT2D eigenvalue weighted by Gasteiger charge is -1.97. The molecule has 0 saturated heterocycles. The lowest BCUT2D eigenvalue weighted by atomic mass is 10.2. The fraction of sp³-hybridized carbons (Fsp3) is 0.133. The Bertz CT molecular complexity index is 783. The number of rotatable bonds is 6. The van der Waals surface area contributed by atoms with E-state index in [0.717, 1.165) is 11.3 Å². The number of benzene rings is 1. The molecule has 8 nitrogen and oxygen atoms in total. The first-order valence-electron chi connectivity index (χ1n) is 6.85. The van der Waals surface area contributed by atoms with Gasteiger partial charge in [0.15, 0.2) is 10.8 Å². The van der Waals surface area contributed by atoms with E-state index in [1.54, 1.807) is 6.92 Å². The van der Waals surface area contributed by atoms with E-state index in [1.165, 1.54) is 41.8 Å². The summed E-state index contributed by atoms with van der Waals surface area (Å²) in [6, 6.07) is 5.77. The van der Waals surface area contributed by atoms with Gasteiger partial charge >= 0.3 is 5.97 Å². The number of thiazole rings is 1. The number of nitrogens with one attached hydrogen (secondary N) is 1. The van der Waals surface area contributed by atoms with Crippen LogP contribution in [0.4, 0.5) is 10.8 Å². The number of nitrogens with zero attached hydrogens (tertiary/aromatic N) is 2. The second-order valence-corrected chi connectivity index (χ2v) is 5.29. The number of esters is 1. The number of anilines is 1. The van der Waals surface area contributed by atoms with Gasteiger partial charge < -0.3 is 4.74 Å². The van der Waals surface area contributed by atoms with Crippen molar-refractivity contribution in [3.05, 3.63) is 57.1 Å². The quantitative estimate of drug-likeness (QED) is 0.372. The average Bonchev–Trinajstić information content (AvgIpc) is 3.02. The maximum atomic E-state index is 11.8. The standard InChI is InChI=1S/C15H13N3O5S/c1-2-23-14(20)12-9-24-15(16-12)17-13(19)8-5-10-3-6-11(7-4-10)18(21)22/h3-9H,2H2,1H3,(H,16,17,19)/b8-5+. The first kappa shape index (κ1) is 17.3. The largest absolute Gasteiger partial charge is 0.461 e. The molecular formula is C15H13N3O5S. The third-order valence-corrected chi connectivity index (χ3v) is 3.51. The van der Waals surface area contributed by atoms with Gasteiger partial charge in [0.2, 0.25) is 5.91 Å². The number of hydrogen-bond donors (Lipinski definition) is 1. The van der Waals surface area contributed by atoms with Crippen LogP contribution in [-0.2, 0) is 9.53 Å². The lowest BCUT2D eigenvalue weighted by molar-refractivity contribution is -0.384. The van der Waals surface area contributed by atoms with Gasteiger partial charge in [-0.1, -0.05) is 0 Å². The van der Waals surface area contributed by atoms with Gasteiger partial charge in [0.25, 0.3) is 5.69 Å². The molecule has 1 amide bonds. The molecule has 0 aliphatic rings. The van der Waals surface area contributed by atoms with Gasteiger partial charge in [-0.15, -0.1) is 11.3 Å². The van der Waals surface area contributed by atoms with Crippen molar-refractivity contribution >= 4 is 40.1 Å². The van der Waals surface area contributed by atoms with Gasteiger partial charge in [-0.05, 0) is 30.7 Å². The number of carbonyl (C=O) groups excluding carboxylic acids is 2. The zero-order valence-corrected chi connectivity index (χ0v) is 13.4. The molecular weight excluding hydrogens is 334 g/mol. The number of non-ortho nitro benzene ring substituents is 1. The van der Waals surface area contributed by atoms with E-state index in [0.29, 0.717) is 5.56 Å². The third kappa shape index (κ3) is 4.71. The van der Waals surface area contributed by atoms with Crippen molar-refractivity contribution in [1.29, 1.82) is 0 Å². The number of aromatic nitrogens is 1. The van der Waals surface area contributed by atoms with Crippen molar-refractivity contribution in [2.75, 3.05) is 11.9 Å². The Morgan fingerprint density at radius 1 is 1.38 bits per heavy atom. The summed E-state index contributed by atoms with van der Waals surface area (Å²) in [4.78, 5) is 37.3. The zero-order valence-electron chi connectivity index (χ0n) is 12.6. The first-order chi connectivity index (χ1) is 11.5. The summed E-state index contributed by atoms with van der Waals surface area (Å²) in [5.41, 5.74) is 0.754. The summed E-state index contributed by atoms with van der Waals surface area (Å²) in [6.45, 7) is 1.94. The first-order valence-corrected chi connectivity index (χ1v) is 7.73. The van der Waals surface area contributed by atoms with E-state index in [-0.39, 0.29) is 23.1 Å². The molecule has 0 radical (unpaired) electrons. The smallest absolute Gasteiger partial charge is 0.357 e. The molecule has 24 heavy (non-hydrogen) atoms. The van der Waals surface area contributed by atoms with Crippen LogP contribution in [0.3, 0.4) is 0 Å². The number of nitro groups is 1. The van der Waals surface area contributed by atoms with Crippen molar-refractivity contribution in [2.24, 2.45) is 0 Å². The van der Waals surface area contributed by atoms with Crippen LogP contribution in [0.15, 0.2) is 35.7 Å². The molecule has 0 aliphatic carbocycles. The summed E-state index contributed by atoms with van der Waals surface area (Å²) >= 11 is 1.11. The number of amides is 1. The second-order valence-electron chi connectivity index (χ2n) is 4.43. The molecule has 2 aromatic rings. The highest BCUT2D eigenvalue weighted by Gasteiger charge is 2.12. The third-order valence-electron chi connectivity index (χ3n) is 2.75. The van der Waals surface area contributed by atoms with Crippen LogP contribution in [-0.4, -0.2) is 28.4 Å². The highest BCUT2D eigenvalue weighted by atomic mass is 32.1. The molecule has 2 rings (SSSR count). The molecule has 0 spiro atoms. The monoisotopic (exact) mass is 347 g/mol. The Morgan fingerprint density at radius 3 is 2.71 bits per heavy atom. The van der Waals surface area contributed by atoms with E-state index < -0.39 is 16.8 Å². The van der Waals surface area contributed by atoms with Crippen LogP contribution in [0.1, 0.15) is 23.0 Å². The Kier molecular flexibility index (Phi) is 5.74. The Morgan fingerprint density at radius 2 is 2.08 bits per heavy atom. The molecule has 0 aliphatic heterocycles. The van der Waals surface area contributed by atoms with Crippen molar-refractivity contribution in [3.63, 3.8) is 0 Å². The summed E-state index contributed by atoms with van der Waals surface area (Å²) < 4.78 is 4.81. The minimum Gasteiger partial charge on any atom is -0.461 e. The maximum absolute atomic E-state index is 11.8. The highest BCUT2D eigenvalue weighted by Crippen LogP contribution is 2.16. The molecule has 1 aromatic heterocycles. The molecule has 1 heterocycles. The molecule has 0 saturated carbocycles. The van der Waals surface area contributed by atoms with Crippen molar-refractivity contribution < 1.29 is 19.2 Å². The summed E-state index contributed by atoms with van der Waals surface area (Å²) in [5.74, 6) is -0.978. The van der Waals surface area contributed by atoms with Crippen LogP contribution in [0, 0.1) is 10.1 Å². The molecule has 9 heteroatoms. The Hall–Kier alpha value is -3.07. The topological polar surface area (TPSA) is 111 Å². The van der Waals surface area contributed by atoms with E-state index in [4.69, 9.17) is 4.74 Å². The number of ether oxygens (including phenoxy) is 1. The molecule has 1 N–H and O–H groups in total. The predicted octanol–water partition coefficient (Wildman–Crippen LogP) is 2.88. The van der Waals surface area contributed by atoms with Crippen molar-refractivity contribution in [3.8, 4) is 0 Å². The number of carbonyl (C=O) groups is 2. The number of hydrogen-bond acceptors (Lipinski definition) is 7. The van der Waals surface area contributed by atoms with Crippen molar-refractivity contribution in [2.45, 2.75) is 6.92 Å². The van der Waals surface area contributed by atoms with Gasteiger partial charge in [0, 0.05) is 23.6 Å². The van der Waals surface area contributed by atoms with Gasteiger partial charge in [-0.2, -0.15) is 0 Å². The van der Waals surface area contributed by atoms with E-state index in [9.17, 15) is 19.7 Å². The van der Waals surface area contributed by atoms with Crippen molar-refractivity contribution in [1.82, 2.24) is 4.98 Å². The van der Waals surface area contributed by atoms with Gasteiger partial charge in [-0.3, -0.25) is 20.2 Å². The summed E-state index contributed by atoms with van der Waals surface area (Å²) in [5, 5.41) is 14.9. The van der Waals surface area contributed by atoms with E-state index in [1.807, 2.05) is 0 Å². The minimum absolute atomic E-state index is 0.0223. The van der Waals surface area contributed by atoms with E-state index in [2.05, 4.69) is 10.3 Å². The Labute approximate surface area is 140 Å². The molecule has 0 atom stereocenters. The fourth-order valence-electron chi connectivity index (χ4n) is 1.66. The van der Waals surface area contributed by atoms with Crippen LogP contribution in [0.25, 0.3) is 6.08 Å². The molecule has 124 valence electrons. The normalized spacial score (nSPS) is 10.5. The van der Waals surface area contributed by atoms with Crippen LogP contribution >= 0.6 is 11.3 Å². The summed E-state index contributed by atoms with van der Waals surface area (Å²) in [7, 11) is 0. The second kappa shape index (κ2) is 7.97. The average molecular weight is 347 g/mol. The van der Waals surface area contributed by atoms with Crippen LogP contribution < -0.4 is 5.32 Å². The minimum atomic E-state index is -0.546. The van der Waals surface area contributed by atoms with Crippen LogP contribution in [0.2, 0.25) is 0 Å². The molecule has 0 fully saturated rings. The molecule has 0 bridgehead atoms. The summed E-state index contributed by atoms with van der Waals surface area (Å²) in [6.07, 6.45) is 2.78. The number of nitro benzene ring substituents is 1. The fourth-order valence-corrected chi connectivity index (χ4v) is 2.34. The van der Waals surface area contributed by atoms with Gasteiger partial charge in [0.05, 0.1) is 11.5 Å². The van der Waals surface area contributed by atoms with E-state index >= 15 is 0 Å². The zero-order chi connectivity index (χ0) is 17.5. The molecule has 1 aromatic carbocycles. The SMILES string of the molecule is CCOC(=O)c1csc(NC(=O)/C=C/c2ccc([N+](=O)[O-])cc2)n1. The highest BCUT2D eigenvalue weighted by molar-refractivity contribution is 7.14. The maximum Gasteiger partial charge on any atom is 0.357 e. The van der Waals surface area contributed by atoms with Gasteiger partial charge in [-0.25, -0.2) is 9.78 Å². The Balaban J connectivity index is 1.95. The van der Waals surface area contributed by atoms with Crippen LogP contribution in [0.5, 0.6) is 0 Å².